The third kappa shape index (κ3) is 8.24. The maximum absolute atomic E-state index is 12.1. The van der Waals surface area contributed by atoms with E-state index < -0.39 is 0 Å². The highest BCUT2D eigenvalue weighted by atomic mass is 16.5. The summed E-state index contributed by atoms with van der Waals surface area (Å²) in [4.78, 5) is 16.8. The number of guanidine groups is 1. The molecule has 3 N–H and O–H groups in total. The number of aliphatic imine (C=N–C) groups is 1. The summed E-state index contributed by atoms with van der Waals surface area (Å²) in [6.45, 7) is 6.07. The maximum Gasteiger partial charge on any atom is 0.246 e. The smallest absolute Gasteiger partial charge is 0.246 e. The number of benzene rings is 1. The van der Waals surface area contributed by atoms with Crippen molar-refractivity contribution < 1.29 is 9.53 Å². The van der Waals surface area contributed by atoms with E-state index in [1.807, 2.05) is 31.2 Å². The van der Waals surface area contributed by atoms with Crippen LogP contribution in [0.4, 0.5) is 5.69 Å². The zero-order chi connectivity index (χ0) is 21.0. The Morgan fingerprint density at radius 1 is 1.30 bits per heavy atom. The molecule has 2 aromatic rings. The molecule has 1 aliphatic rings. The van der Waals surface area contributed by atoms with Gasteiger partial charge in [0.1, 0.15) is 6.54 Å². The molecule has 8 nitrogen and oxygen atoms in total. The number of rotatable bonds is 12. The minimum Gasteiger partial charge on any atom is -0.381 e. The zero-order valence-corrected chi connectivity index (χ0v) is 17.6. The molecule has 0 bridgehead atoms. The standard InChI is InChI=1S/C22H32N6O2/c1-2-23-22(24-10-5-13-30-17-18-8-9-18)25-15-19-6-3-7-20(14-19)27-21(29)16-28-12-4-11-26-28/h3-4,6-7,11-12,14,18H,2,5,8-10,13,15-17H2,1H3,(H,27,29)(H2,23,24,25). The number of anilines is 1. The molecule has 1 aromatic heterocycles. The van der Waals surface area contributed by atoms with Crippen molar-refractivity contribution in [3.63, 3.8) is 0 Å². The minimum absolute atomic E-state index is 0.113. The molecule has 3 rings (SSSR count). The first-order valence-corrected chi connectivity index (χ1v) is 10.7. The van der Waals surface area contributed by atoms with Gasteiger partial charge in [-0.05, 0) is 55.9 Å². The predicted molar refractivity (Wildman–Crippen MR) is 118 cm³/mol. The van der Waals surface area contributed by atoms with Crippen LogP contribution in [0.2, 0.25) is 0 Å². The molecule has 0 unspecified atom stereocenters. The van der Waals surface area contributed by atoms with E-state index in [0.29, 0.717) is 6.54 Å². The van der Waals surface area contributed by atoms with E-state index >= 15 is 0 Å². The van der Waals surface area contributed by atoms with Gasteiger partial charge < -0.3 is 20.7 Å². The molecule has 30 heavy (non-hydrogen) atoms. The zero-order valence-electron chi connectivity index (χ0n) is 17.6. The SMILES string of the molecule is CCNC(=NCc1cccc(NC(=O)Cn2cccn2)c1)NCCCOCC1CC1. The van der Waals surface area contributed by atoms with E-state index in [9.17, 15) is 4.79 Å². The van der Waals surface area contributed by atoms with Gasteiger partial charge >= 0.3 is 0 Å². The first kappa shape index (κ1) is 21.8. The van der Waals surface area contributed by atoms with Gasteiger partial charge in [0.05, 0.1) is 6.54 Å². The van der Waals surface area contributed by atoms with Gasteiger partial charge in [-0.3, -0.25) is 9.48 Å². The number of carbonyl (C=O) groups excluding carboxylic acids is 1. The fourth-order valence-corrected chi connectivity index (χ4v) is 2.92. The number of hydrogen-bond donors (Lipinski definition) is 3. The lowest BCUT2D eigenvalue weighted by molar-refractivity contribution is -0.116. The minimum atomic E-state index is -0.113. The summed E-state index contributed by atoms with van der Waals surface area (Å²) in [5, 5.41) is 13.6. The second-order valence-corrected chi connectivity index (χ2v) is 7.45. The van der Waals surface area contributed by atoms with Crippen LogP contribution < -0.4 is 16.0 Å². The van der Waals surface area contributed by atoms with Crippen molar-refractivity contribution in [1.29, 1.82) is 0 Å². The summed E-state index contributed by atoms with van der Waals surface area (Å²) in [5.74, 6) is 1.48. The summed E-state index contributed by atoms with van der Waals surface area (Å²) in [7, 11) is 0. The molecule has 1 saturated carbocycles. The third-order valence-electron chi connectivity index (χ3n) is 4.65. The van der Waals surface area contributed by atoms with Gasteiger partial charge in [-0.25, -0.2) is 4.99 Å². The van der Waals surface area contributed by atoms with Gasteiger partial charge in [0.2, 0.25) is 5.91 Å². The Morgan fingerprint density at radius 3 is 2.97 bits per heavy atom. The number of ether oxygens (including phenoxy) is 1. The monoisotopic (exact) mass is 412 g/mol. The van der Waals surface area contributed by atoms with Crippen molar-refractivity contribution in [3.05, 3.63) is 48.3 Å². The maximum atomic E-state index is 12.1. The van der Waals surface area contributed by atoms with Crippen LogP contribution in [-0.2, 0) is 22.6 Å². The highest BCUT2D eigenvalue weighted by Crippen LogP contribution is 2.28. The molecule has 0 radical (unpaired) electrons. The number of nitrogens with zero attached hydrogens (tertiary/aromatic N) is 3. The number of carbonyl (C=O) groups is 1. The molecule has 1 heterocycles. The summed E-state index contributed by atoms with van der Waals surface area (Å²) >= 11 is 0. The Bertz CT molecular complexity index is 802. The fourth-order valence-electron chi connectivity index (χ4n) is 2.92. The lowest BCUT2D eigenvalue weighted by Gasteiger charge is -2.12. The molecule has 1 amide bonds. The van der Waals surface area contributed by atoms with Crippen LogP contribution in [0.25, 0.3) is 0 Å². The molecule has 0 spiro atoms. The molecule has 1 aromatic carbocycles. The first-order chi connectivity index (χ1) is 14.7. The topological polar surface area (TPSA) is 92.6 Å². The van der Waals surface area contributed by atoms with Crippen molar-refractivity contribution in [1.82, 2.24) is 20.4 Å². The van der Waals surface area contributed by atoms with E-state index in [4.69, 9.17) is 4.74 Å². The molecule has 0 saturated heterocycles. The molecule has 0 atom stereocenters. The summed E-state index contributed by atoms with van der Waals surface area (Å²) in [5.41, 5.74) is 1.78. The van der Waals surface area contributed by atoms with Gasteiger partial charge in [-0.1, -0.05) is 12.1 Å². The highest BCUT2D eigenvalue weighted by Gasteiger charge is 2.20. The van der Waals surface area contributed by atoms with E-state index in [-0.39, 0.29) is 12.5 Å². The quantitative estimate of drug-likeness (QED) is 0.283. The average Bonchev–Trinajstić information content (AvgIpc) is 3.43. The summed E-state index contributed by atoms with van der Waals surface area (Å²) < 4.78 is 7.26. The molecular weight excluding hydrogens is 380 g/mol. The highest BCUT2D eigenvalue weighted by molar-refractivity contribution is 5.90. The second-order valence-electron chi connectivity index (χ2n) is 7.45. The van der Waals surface area contributed by atoms with Gasteiger partial charge in [-0.15, -0.1) is 0 Å². The van der Waals surface area contributed by atoms with Crippen molar-refractivity contribution in [2.75, 3.05) is 31.6 Å². The van der Waals surface area contributed by atoms with Crippen LogP contribution in [0.5, 0.6) is 0 Å². The molecule has 0 aliphatic heterocycles. The van der Waals surface area contributed by atoms with Crippen molar-refractivity contribution in [2.45, 2.75) is 39.3 Å². The molecule has 1 fully saturated rings. The lowest BCUT2D eigenvalue weighted by Crippen LogP contribution is -2.38. The second kappa shape index (κ2) is 12.0. The van der Waals surface area contributed by atoms with Crippen LogP contribution in [0.1, 0.15) is 31.7 Å². The number of nitrogens with one attached hydrogen (secondary N) is 3. The van der Waals surface area contributed by atoms with Crippen molar-refractivity contribution in [2.24, 2.45) is 10.9 Å². The van der Waals surface area contributed by atoms with Crippen molar-refractivity contribution in [3.8, 4) is 0 Å². The van der Waals surface area contributed by atoms with Crippen LogP contribution >= 0.6 is 0 Å². The Morgan fingerprint density at radius 2 is 2.20 bits per heavy atom. The Hall–Kier alpha value is -2.87. The number of hydrogen-bond acceptors (Lipinski definition) is 4. The van der Waals surface area contributed by atoms with E-state index in [1.54, 1.807) is 23.1 Å². The number of amides is 1. The lowest BCUT2D eigenvalue weighted by atomic mass is 10.2. The Kier molecular flexibility index (Phi) is 8.71. The molecular formula is C22H32N6O2. The van der Waals surface area contributed by atoms with Crippen LogP contribution in [0, 0.1) is 5.92 Å². The van der Waals surface area contributed by atoms with Crippen LogP contribution in [-0.4, -0.2) is 48.0 Å². The molecule has 8 heteroatoms. The summed E-state index contributed by atoms with van der Waals surface area (Å²) in [6.07, 6.45) is 7.02. The molecule has 1 aliphatic carbocycles. The number of aromatic nitrogens is 2. The third-order valence-corrected chi connectivity index (χ3v) is 4.65. The van der Waals surface area contributed by atoms with Crippen LogP contribution in [0.3, 0.4) is 0 Å². The van der Waals surface area contributed by atoms with E-state index in [0.717, 1.165) is 55.9 Å². The average molecular weight is 413 g/mol. The van der Waals surface area contributed by atoms with E-state index in [1.165, 1.54) is 12.8 Å². The largest absolute Gasteiger partial charge is 0.381 e. The van der Waals surface area contributed by atoms with Crippen LogP contribution in [0.15, 0.2) is 47.7 Å². The van der Waals surface area contributed by atoms with Gasteiger partial charge in [-0.2, -0.15) is 5.10 Å². The predicted octanol–water partition coefficient (Wildman–Crippen LogP) is 2.39. The van der Waals surface area contributed by atoms with Crippen molar-refractivity contribution >= 4 is 17.6 Å². The van der Waals surface area contributed by atoms with E-state index in [2.05, 4.69) is 26.0 Å². The summed E-state index contributed by atoms with van der Waals surface area (Å²) in [6, 6.07) is 9.54. The molecule has 162 valence electrons. The normalized spacial score (nSPS) is 13.8. The van der Waals surface area contributed by atoms with Gasteiger partial charge in [0, 0.05) is 44.4 Å². The van der Waals surface area contributed by atoms with Gasteiger partial charge in [0.15, 0.2) is 5.96 Å². The Labute approximate surface area is 178 Å². The fraction of sp³-hybridized carbons (Fsp3) is 0.500. The Balaban J connectivity index is 1.43. The van der Waals surface area contributed by atoms with Gasteiger partial charge in [0.25, 0.3) is 0 Å². The first-order valence-electron chi connectivity index (χ1n) is 10.7.